The summed E-state index contributed by atoms with van der Waals surface area (Å²) in [7, 11) is 0. The summed E-state index contributed by atoms with van der Waals surface area (Å²) in [6.07, 6.45) is 6.77. The number of benzene rings is 1. The van der Waals surface area contributed by atoms with E-state index in [-0.39, 0.29) is 0 Å². The van der Waals surface area contributed by atoms with E-state index >= 15 is 0 Å². The van der Waals surface area contributed by atoms with Gasteiger partial charge in [0.1, 0.15) is 0 Å². The molecule has 0 bridgehead atoms. The second kappa shape index (κ2) is 6.20. The third-order valence-electron chi connectivity index (χ3n) is 4.00. The van der Waals surface area contributed by atoms with Gasteiger partial charge in [-0.2, -0.15) is 5.10 Å². The van der Waals surface area contributed by atoms with E-state index < -0.39 is 0 Å². The highest BCUT2D eigenvalue weighted by Crippen LogP contribution is 2.19. The zero-order valence-electron chi connectivity index (χ0n) is 11.8. The summed E-state index contributed by atoms with van der Waals surface area (Å²) in [6.45, 7) is 5.16. The minimum atomic E-state index is 0.593. The van der Waals surface area contributed by atoms with E-state index in [2.05, 4.69) is 40.5 Å². The van der Waals surface area contributed by atoms with Crippen molar-refractivity contribution < 1.29 is 0 Å². The number of hydrogen-bond acceptors (Lipinski definition) is 3. The summed E-state index contributed by atoms with van der Waals surface area (Å²) in [5, 5.41) is 4.46. The third kappa shape index (κ3) is 3.08. The van der Waals surface area contributed by atoms with E-state index in [1.165, 1.54) is 37.1 Å². The van der Waals surface area contributed by atoms with Crippen LogP contribution in [0.1, 0.15) is 18.4 Å². The fourth-order valence-corrected chi connectivity index (χ4v) is 2.72. The van der Waals surface area contributed by atoms with Gasteiger partial charge in [-0.3, -0.25) is 4.68 Å². The standard InChI is InChI=1S/C16H22N4/c17-11-14-3-5-15(6-4-14)16-12-18-20(13-16)10-9-19-7-1-2-8-19/h3-6,12-13H,1-2,7-11,17H2. The maximum Gasteiger partial charge on any atom is 0.0568 e. The van der Waals surface area contributed by atoms with Crippen LogP contribution in [0.2, 0.25) is 0 Å². The Bertz CT molecular complexity index is 538. The van der Waals surface area contributed by atoms with Gasteiger partial charge in [0.15, 0.2) is 0 Å². The van der Waals surface area contributed by atoms with Gasteiger partial charge in [0, 0.05) is 24.8 Å². The first kappa shape index (κ1) is 13.3. The molecule has 1 fully saturated rings. The summed E-state index contributed by atoms with van der Waals surface area (Å²) in [5.74, 6) is 0. The summed E-state index contributed by atoms with van der Waals surface area (Å²) in [6, 6.07) is 8.39. The molecule has 0 spiro atoms. The molecular weight excluding hydrogens is 248 g/mol. The van der Waals surface area contributed by atoms with Crippen LogP contribution in [0.3, 0.4) is 0 Å². The molecule has 4 heteroatoms. The Kier molecular flexibility index (Phi) is 4.14. The first-order valence-corrected chi connectivity index (χ1v) is 7.39. The van der Waals surface area contributed by atoms with Crippen LogP contribution < -0.4 is 5.73 Å². The molecule has 0 amide bonds. The Labute approximate surface area is 120 Å². The van der Waals surface area contributed by atoms with Crippen LogP contribution in [0.5, 0.6) is 0 Å². The normalized spacial score (nSPS) is 15.8. The molecule has 20 heavy (non-hydrogen) atoms. The monoisotopic (exact) mass is 270 g/mol. The van der Waals surface area contributed by atoms with Crippen LogP contribution in [0.15, 0.2) is 36.7 Å². The maximum absolute atomic E-state index is 5.62. The van der Waals surface area contributed by atoms with E-state index in [0.717, 1.165) is 18.7 Å². The molecule has 0 radical (unpaired) electrons. The van der Waals surface area contributed by atoms with Crippen LogP contribution in [0.4, 0.5) is 0 Å². The van der Waals surface area contributed by atoms with Gasteiger partial charge in [0.2, 0.25) is 0 Å². The van der Waals surface area contributed by atoms with E-state index in [1.54, 1.807) is 0 Å². The van der Waals surface area contributed by atoms with E-state index in [1.807, 2.05) is 10.9 Å². The van der Waals surface area contributed by atoms with Gasteiger partial charge in [-0.05, 0) is 37.1 Å². The van der Waals surface area contributed by atoms with Gasteiger partial charge in [0.05, 0.1) is 12.7 Å². The van der Waals surface area contributed by atoms with Crippen molar-refractivity contribution >= 4 is 0 Å². The molecule has 0 unspecified atom stereocenters. The first-order valence-electron chi connectivity index (χ1n) is 7.39. The van der Waals surface area contributed by atoms with Crippen LogP contribution in [0, 0.1) is 0 Å². The number of likely N-dealkylation sites (tertiary alicyclic amines) is 1. The largest absolute Gasteiger partial charge is 0.326 e. The molecule has 3 rings (SSSR count). The van der Waals surface area contributed by atoms with Crippen molar-refractivity contribution in [3.05, 3.63) is 42.2 Å². The molecular formula is C16H22N4. The second-order valence-corrected chi connectivity index (χ2v) is 5.44. The Balaban J connectivity index is 1.62. The van der Waals surface area contributed by atoms with Gasteiger partial charge in [-0.15, -0.1) is 0 Å². The second-order valence-electron chi connectivity index (χ2n) is 5.44. The molecule has 1 aliphatic heterocycles. The van der Waals surface area contributed by atoms with Crippen molar-refractivity contribution in [1.29, 1.82) is 0 Å². The fourth-order valence-electron chi connectivity index (χ4n) is 2.72. The zero-order chi connectivity index (χ0) is 13.8. The van der Waals surface area contributed by atoms with Crippen molar-refractivity contribution in [3.8, 4) is 11.1 Å². The highest BCUT2D eigenvalue weighted by atomic mass is 15.3. The number of hydrogen-bond donors (Lipinski definition) is 1. The summed E-state index contributed by atoms with van der Waals surface area (Å²) < 4.78 is 2.05. The Morgan fingerprint density at radius 3 is 2.45 bits per heavy atom. The lowest BCUT2D eigenvalue weighted by Crippen LogP contribution is -2.24. The topological polar surface area (TPSA) is 47.1 Å². The number of aromatic nitrogens is 2. The lowest BCUT2D eigenvalue weighted by Gasteiger charge is -2.13. The number of nitrogens with zero attached hydrogens (tertiary/aromatic N) is 3. The molecule has 1 saturated heterocycles. The van der Waals surface area contributed by atoms with Crippen LogP contribution in [0.25, 0.3) is 11.1 Å². The number of rotatable bonds is 5. The van der Waals surface area contributed by atoms with Gasteiger partial charge >= 0.3 is 0 Å². The third-order valence-corrected chi connectivity index (χ3v) is 4.00. The summed E-state index contributed by atoms with van der Waals surface area (Å²) in [5.41, 5.74) is 9.16. The molecule has 0 saturated carbocycles. The van der Waals surface area contributed by atoms with Crippen LogP contribution in [-0.2, 0) is 13.1 Å². The smallest absolute Gasteiger partial charge is 0.0568 e. The van der Waals surface area contributed by atoms with Crippen molar-refractivity contribution in [2.24, 2.45) is 5.73 Å². The molecule has 0 atom stereocenters. The van der Waals surface area contributed by atoms with E-state index in [0.29, 0.717) is 6.54 Å². The zero-order valence-corrected chi connectivity index (χ0v) is 11.8. The predicted molar refractivity (Wildman–Crippen MR) is 81.2 cm³/mol. The average molecular weight is 270 g/mol. The lowest BCUT2D eigenvalue weighted by molar-refractivity contribution is 0.316. The molecule has 1 aromatic carbocycles. The molecule has 0 aliphatic carbocycles. The molecule has 1 aliphatic rings. The van der Waals surface area contributed by atoms with Crippen molar-refractivity contribution in [2.75, 3.05) is 19.6 Å². The Morgan fingerprint density at radius 2 is 1.75 bits per heavy atom. The molecule has 2 heterocycles. The first-order chi connectivity index (χ1) is 9.85. The molecule has 106 valence electrons. The van der Waals surface area contributed by atoms with Gasteiger partial charge in [0.25, 0.3) is 0 Å². The quantitative estimate of drug-likeness (QED) is 0.905. The fraction of sp³-hybridized carbons (Fsp3) is 0.438. The average Bonchev–Trinajstić information content (AvgIpc) is 3.17. The van der Waals surface area contributed by atoms with E-state index in [4.69, 9.17) is 5.73 Å². The molecule has 4 nitrogen and oxygen atoms in total. The Morgan fingerprint density at radius 1 is 1.00 bits per heavy atom. The van der Waals surface area contributed by atoms with Gasteiger partial charge in [-0.1, -0.05) is 24.3 Å². The van der Waals surface area contributed by atoms with Crippen LogP contribution in [-0.4, -0.2) is 34.3 Å². The minimum absolute atomic E-state index is 0.593. The predicted octanol–water partition coefficient (Wildman–Crippen LogP) is 2.10. The van der Waals surface area contributed by atoms with Gasteiger partial charge < -0.3 is 10.6 Å². The number of nitrogens with two attached hydrogens (primary N) is 1. The summed E-state index contributed by atoms with van der Waals surface area (Å²) >= 11 is 0. The molecule has 2 aromatic rings. The highest BCUT2D eigenvalue weighted by molar-refractivity contribution is 5.61. The van der Waals surface area contributed by atoms with Crippen molar-refractivity contribution in [1.82, 2.24) is 14.7 Å². The van der Waals surface area contributed by atoms with Gasteiger partial charge in [-0.25, -0.2) is 0 Å². The molecule has 1 aromatic heterocycles. The SMILES string of the molecule is NCc1ccc(-c2cnn(CCN3CCCC3)c2)cc1. The summed E-state index contributed by atoms with van der Waals surface area (Å²) in [4.78, 5) is 2.51. The highest BCUT2D eigenvalue weighted by Gasteiger charge is 2.11. The Hall–Kier alpha value is -1.65. The molecule has 2 N–H and O–H groups in total. The lowest BCUT2D eigenvalue weighted by atomic mass is 10.1. The van der Waals surface area contributed by atoms with E-state index in [9.17, 15) is 0 Å². The van der Waals surface area contributed by atoms with Crippen molar-refractivity contribution in [3.63, 3.8) is 0 Å². The minimum Gasteiger partial charge on any atom is -0.326 e. The van der Waals surface area contributed by atoms with Crippen molar-refractivity contribution in [2.45, 2.75) is 25.9 Å². The maximum atomic E-state index is 5.62. The van der Waals surface area contributed by atoms with Crippen LogP contribution >= 0.6 is 0 Å².